The Morgan fingerprint density at radius 3 is 2.38 bits per heavy atom. The summed E-state index contributed by atoms with van der Waals surface area (Å²) in [6.45, 7) is 1.98. The number of ether oxygens (including phenoxy) is 2. The molecule has 0 aliphatic rings. The Balaban J connectivity index is 2.40. The standard InChI is InChI=1S/C17H21NO3/c1-12(18)17-15(20-2)8-5-9-16(17)21-14-7-4-3-6-13(14)10-11-19/h3-9,12,19H,10-11,18H2,1-2H3/t12-/m1/s1. The van der Waals surface area contributed by atoms with Gasteiger partial charge in [-0.1, -0.05) is 24.3 Å². The first kappa shape index (κ1) is 15.4. The van der Waals surface area contributed by atoms with E-state index in [1.807, 2.05) is 49.4 Å². The highest BCUT2D eigenvalue weighted by atomic mass is 16.5. The third-order valence-electron chi connectivity index (χ3n) is 3.28. The van der Waals surface area contributed by atoms with Crippen LogP contribution in [0.1, 0.15) is 24.1 Å². The average Bonchev–Trinajstić information content (AvgIpc) is 2.49. The minimum Gasteiger partial charge on any atom is -0.496 e. The molecule has 2 aromatic carbocycles. The van der Waals surface area contributed by atoms with Crippen molar-refractivity contribution in [3.63, 3.8) is 0 Å². The highest BCUT2D eigenvalue weighted by Gasteiger charge is 2.15. The fourth-order valence-electron chi connectivity index (χ4n) is 2.29. The van der Waals surface area contributed by atoms with Crippen molar-refractivity contribution >= 4 is 0 Å². The first-order chi connectivity index (χ1) is 10.2. The van der Waals surface area contributed by atoms with Gasteiger partial charge >= 0.3 is 0 Å². The van der Waals surface area contributed by atoms with E-state index in [0.717, 1.165) is 16.9 Å². The Labute approximate surface area is 125 Å². The summed E-state index contributed by atoms with van der Waals surface area (Å²) in [5, 5.41) is 9.14. The number of aliphatic hydroxyl groups is 1. The molecule has 0 radical (unpaired) electrons. The number of benzene rings is 2. The molecule has 21 heavy (non-hydrogen) atoms. The first-order valence-corrected chi connectivity index (χ1v) is 6.96. The molecule has 0 aliphatic heterocycles. The number of hydrogen-bond acceptors (Lipinski definition) is 4. The van der Waals surface area contributed by atoms with Gasteiger partial charge in [-0.15, -0.1) is 0 Å². The minimum absolute atomic E-state index is 0.0820. The van der Waals surface area contributed by atoms with Crippen molar-refractivity contribution in [1.82, 2.24) is 0 Å². The molecule has 0 bridgehead atoms. The fraction of sp³-hybridized carbons (Fsp3) is 0.294. The first-order valence-electron chi connectivity index (χ1n) is 6.96. The van der Waals surface area contributed by atoms with E-state index >= 15 is 0 Å². The second kappa shape index (κ2) is 7.11. The van der Waals surface area contributed by atoms with Gasteiger partial charge in [-0.05, 0) is 37.1 Å². The molecule has 0 heterocycles. The van der Waals surface area contributed by atoms with E-state index in [1.165, 1.54) is 0 Å². The number of methoxy groups -OCH3 is 1. The maximum atomic E-state index is 9.14. The van der Waals surface area contributed by atoms with Crippen LogP contribution in [0.25, 0.3) is 0 Å². The van der Waals surface area contributed by atoms with E-state index in [1.54, 1.807) is 7.11 Å². The summed E-state index contributed by atoms with van der Waals surface area (Å²) in [7, 11) is 1.62. The Kier molecular flexibility index (Phi) is 5.20. The summed E-state index contributed by atoms with van der Waals surface area (Å²) in [5.41, 5.74) is 7.83. The molecule has 0 saturated heterocycles. The van der Waals surface area contributed by atoms with Gasteiger partial charge in [0.15, 0.2) is 0 Å². The van der Waals surface area contributed by atoms with Crippen molar-refractivity contribution in [2.75, 3.05) is 13.7 Å². The van der Waals surface area contributed by atoms with E-state index in [2.05, 4.69) is 0 Å². The van der Waals surface area contributed by atoms with Crippen molar-refractivity contribution in [2.45, 2.75) is 19.4 Å². The molecule has 3 N–H and O–H groups in total. The van der Waals surface area contributed by atoms with Crippen LogP contribution in [0.3, 0.4) is 0 Å². The molecule has 4 heteroatoms. The maximum Gasteiger partial charge on any atom is 0.135 e. The monoisotopic (exact) mass is 287 g/mol. The molecule has 0 saturated carbocycles. The lowest BCUT2D eigenvalue weighted by Crippen LogP contribution is -2.09. The zero-order chi connectivity index (χ0) is 15.2. The van der Waals surface area contributed by atoms with Crippen LogP contribution >= 0.6 is 0 Å². The molecule has 0 fully saturated rings. The fourth-order valence-corrected chi connectivity index (χ4v) is 2.29. The quantitative estimate of drug-likeness (QED) is 0.857. The lowest BCUT2D eigenvalue weighted by Gasteiger charge is -2.18. The molecular formula is C17H21NO3. The Hall–Kier alpha value is -2.04. The zero-order valence-corrected chi connectivity index (χ0v) is 12.4. The molecule has 1 atom stereocenters. The molecule has 0 spiro atoms. The van der Waals surface area contributed by atoms with Gasteiger partial charge in [0, 0.05) is 12.6 Å². The topological polar surface area (TPSA) is 64.7 Å². The van der Waals surface area contributed by atoms with Crippen molar-refractivity contribution < 1.29 is 14.6 Å². The molecule has 0 aromatic heterocycles. The molecule has 112 valence electrons. The predicted molar refractivity (Wildman–Crippen MR) is 82.9 cm³/mol. The predicted octanol–water partition coefficient (Wildman–Crippen LogP) is 3.04. The average molecular weight is 287 g/mol. The molecular weight excluding hydrogens is 266 g/mol. The van der Waals surface area contributed by atoms with Crippen LogP contribution in [0.4, 0.5) is 0 Å². The Morgan fingerprint density at radius 1 is 1.05 bits per heavy atom. The molecule has 0 aliphatic carbocycles. The van der Waals surface area contributed by atoms with Gasteiger partial charge in [-0.25, -0.2) is 0 Å². The largest absolute Gasteiger partial charge is 0.496 e. The molecule has 0 amide bonds. The number of nitrogens with two attached hydrogens (primary N) is 1. The van der Waals surface area contributed by atoms with Crippen molar-refractivity contribution in [2.24, 2.45) is 5.73 Å². The number of rotatable bonds is 6. The molecule has 2 aromatic rings. The van der Waals surface area contributed by atoms with E-state index in [9.17, 15) is 0 Å². The molecule has 2 rings (SSSR count). The Morgan fingerprint density at radius 2 is 1.71 bits per heavy atom. The van der Waals surface area contributed by atoms with Crippen molar-refractivity contribution in [3.8, 4) is 17.2 Å². The summed E-state index contributed by atoms with van der Waals surface area (Å²) >= 11 is 0. The van der Waals surface area contributed by atoms with E-state index in [-0.39, 0.29) is 12.6 Å². The van der Waals surface area contributed by atoms with Crippen molar-refractivity contribution in [1.29, 1.82) is 0 Å². The third kappa shape index (κ3) is 3.54. The lowest BCUT2D eigenvalue weighted by molar-refractivity contribution is 0.297. The van der Waals surface area contributed by atoms with Crippen LogP contribution in [-0.2, 0) is 6.42 Å². The second-order valence-corrected chi connectivity index (χ2v) is 4.84. The smallest absolute Gasteiger partial charge is 0.135 e. The summed E-state index contributed by atoms with van der Waals surface area (Å²) < 4.78 is 11.4. The van der Waals surface area contributed by atoms with Gasteiger partial charge < -0.3 is 20.3 Å². The summed E-state index contributed by atoms with van der Waals surface area (Å²) in [6.07, 6.45) is 0.549. The van der Waals surface area contributed by atoms with Crippen LogP contribution in [0.5, 0.6) is 17.2 Å². The van der Waals surface area contributed by atoms with Gasteiger partial charge in [0.25, 0.3) is 0 Å². The van der Waals surface area contributed by atoms with Crippen molar-refractivity contribution in [3.05, 3.63) is 53.6 Å². The van der Waals surface area contributed by atoms with Crippen LogP contribution < -0.4 is 15.2 Å². The van der Waals surface area contributed by atoms with Crippen LogP contribution in [-0.4, -0.2) is 18.8 Å². The number of para-hydroxylation sites is 1. The van der Waals surface area contributed by atoms with Gasteiger partial charge in [0.05, 0.1) is 12.7 Å². The second-order valence-electron chi connectivity index (χ2n) is 4.84. The summed E-state index contributed by atoms with van der Waals surface area (Å²) in [4.78, 5) is 0. The van der Waals surface area contributed by atoms with Crippen LogP contribution in [0, 0.1) is 0 Å². The van der Waals surface area contributed by atoms with E-state index < -0.39 is 0 Å². The SMILES string of the molecule is COc1cccc(Oc2ccccc2CCO)c1[C@@H](C)N. The van der Waals surface area contributed by atoms with Gasteiger partial charge in [-0.3, -0.25) is 0 Å². The van der Waals surface area contributed by atoms with E-state index in [4.69, 9.17) is 20.3 Å². The third-order valence-corrected chi connectivity index (χ3v) is 3.28. The molecule has 0 unspecified atom stereocenters. The highest BCUT2D eigenvalue weighted by Crippen LogP contribution is 2.36. The summed E-state index contributed by atoms with van der Waals surface area (Å²) in [5.74, 6) is 2.11. The molecule has 4 nitrogen and oxygen atoms in total. The number of aliphatic hydroxyl groups excluding tert-OH is 1. The van der Waals surface area contributed by atoms with Gasteiger partial charge in [0.1, 0.15) is 17.2 Å². The van der Waals surface area contributed by atoms with Crippen LogP contribution in [0.15, 0.2) is 42.5 Å². The maximum absolute atomic E-state index is 9.14. The van der Waals surface area contributed by atoms with Crippen LogP contribution in [0.2, 0.25) is 0 Å². The summed E-state index contributed by atoms with van der Waals surface area (Å²) in [6, 6.07) is 13.1. The normalized spacial score (nSPS) is 12.0. The van der Waals surface area contributed by atoms with E-state index in [0.29, 0.717) is 17.9 Å². The van der Waals surface area contributed by atoms with Gasteiger partial charge in [0.2, 0.25) is 0 Å². The Bertz CT molecular complexity index is 596. The van der Waals surface area contributed by atoms with Gasteiger partial charge in [-0.2, -0.15) is 0 Å². The number of hydrogen-bond donors (Lipinski definition) is 2. The lowest BCUT2D eigenvalue weighted by atomic mass is 10.1. The minimum atomic E-state index is -0.207. The zero-order valence-electron chi connectivity index (χ0n) is 12.4. The highest BCUT2D eigenvalue weighted by molar-refractivity contribution is 5.49.